The molecule has 0 bridgehead atoms. The SMILES string of the molecule is C=CCn1c(SCC(=O)Nc2nc(-c3ccc(Br)cc3)cs2)nnc1-c1cc(Cl)ccc1OC. The molecule has 0 aliphatic carbocycles. The van der Waals surface area contributed by atoms with Gasteiger partial charge in [-0.3, -0.25) is 9.36 Å². The smallest absolute Gasteiger partial charge is 0.236 e. The van der Waals surface area contributed by atoms with Gasteiger partial charge in [-0.1, -0.05) is 57.5 Å². The van der Waals surface area contributed by atoms with Gasteiger partial charge in [0.2, 0.25) is 5.91 Å². The highest BCUT2D eigenvalue weighted by Crippen LogP contribution is 2.33. The van der Waals surface area contributed by atoms with Crippen molar-refractivity contribution < 1.29 is 9.53 Å². The number of aromatic nitrogens is 4. The second-order valence-electron chi connectivity index (χ2n) is 6.93. The first kappa shape index (κ1) is 24.5. The van der Waals surface area contributed by atoms with Crippen molar-refractivity contribution in [2.45, 2.75) is 11.7 Å². The monoisotopic (exact) mass is 575 g/mol. The van der Waals surface area contributed by atoms with E-state index in [1.807, 2.05) is 34.2 Å². The number of carbonyl (C=O) groups is 1. The fraction of sp³-hybridized carbons (Fsp3) is 0.130. The Morgan fingerprint density at radius 1 is 1.29 bits per heavy atom. The van der Waals surface area contributed by atoms with Crippen molar-refractivity contribution in [3.05, 3.63) is 70.0 Å². The molecule has 4 rings (SSSR count). The number of benzene rings is 2. The van der Waals surface area contributed by atoms with Crippen LogP contribution in [-0.2, 0) is 11.3 Å². The third-order valence-corrected chi connectivity index (χ3v) is 7.14. The van der Waals surface area contributed by atoms with Gasteiger partial charge in [-0.05, 0) is 30.3 Å². The van der Waals surface area contributed by atoms with Crippen LogP contribution in [0.15, 0.2) is 70.1 Å². The molecule has 2 aromatic heterocycles. The third kappa shape index (κ3) is 5.69. The highest BCUT2D eigenvalue weighted by atomic mass is 79.9. The molecule has 1 amide bonds. The van der Waals surface area contributed by atoms with E-state index < -0.39 is 0 Å². The number of allylic oxidation sites excluding steroid dienone is 1. The van der Waals surface area contributed by atoms with Gasteiger partial charge in [-0.15, -0.1) is 28.1 Å². The van der Waals surface area contributed by atoms with Crippen molar-refractivity contribution in [1.82, 2.24) is 19.7 Å². The number of thiazole rings is 1. The molecule has 0 saturated heterocycles. The van der Waals surface area contributed by atoms with E-state index >= 15 is 0 Å². The van der Waals surface area contributed by atoms with Gasteiger partial charge in [0.1, 0.15) is 5.75 Å². The molecule has 0 atom stereocenters. The van der Waals surface area contributed by atoms with E-state index in [1.165, 1.54) is 23.1 Å². The van der Waals surface area contributed by atoms with E-state index in [0.29, 0.717) is 39.0 Å². The molecule has 0 unspecified atom stereocenters. The zero-order valence-corrected chi connectivity index (χ0v) is 22.0. The fourth-order valence-corrected chi connectivity index (χ4v) is 5.03. The second kappa shape index (κ2) is 11.2. The Morgan fingerprint density at radius 2 is 2.09 bits per heavy atom. The van der Waals surface area contributed by atoms with Crippen LogP contribution < -0.4 is 10.1 Å². The molecule has 0 aliphatic rings. The predicted octanol–water partition coefficient (Wildman–Crippen LogP) is 6.41. The van der Waals surface area contributed by atoms with Gasteiger partial charge in [0.25, 0.3) is 0 Å². The molecule has 0 radical (unpaired) electrons. The first-order chi connectivity index (χ1) is 16.5. The summed E-state index contributed by atoms with van der Waals surface area (Å²) in [6.45, 7) is 4.29. The zero-order chi connectivity index (χ0) is 24.1. The van der Waals surface area contributed by atoms with Crippen molar-refractivity contribution >= 4 is 61.7 Å². The number of amides is 1. The quantitative estimate of drug-likeness (QED) is 0.183. The van der Waals surface area contributed by atoms with Crippen molar-refractivity contribution in [3.8, 4) is 28.4 Å². The number of halogens is 2. The Kier molecular flexibility index (Phi) is 8.04. The van der Waals surface area contributed by atoms with Crippen LogP contribution in [0, 0.1) is 0 Å². The van der Waals surface area contributed by atoms with E-state index in [4.69, 9.17) is 16.3 Å². The Labute approximate surface area is 218 Å². The number of nitrogens with one attached hydrogen (secondary N) is 1. The molecule has 11 heteroatoms. The van der Waals surface area contributed by atoms with Gasteiger partial charge in [0.15, 0.2) is 16.1 Å². The minimum atomic E-state index is -0.184. The summed E-state index contributed by atoms with van der Waals surface area (Å²) in [4.78, 5) is 17.1. The number of hydrogen-bond donors (Lipinski definition) is 1. The highest BCUT2D eigenvalue weighted by Gasteiger charge is 2.19. The lowest BCUT2D eigenvalue weighted by Gasteiger charge is -2.11. The van der Waals surface area contributed by atoms with Gasteiger partial charge in [0.05, 0.1) is 24.1 Å². The zero-order valence-electron chi connectivity index (χ0n) is 18.0. The molecule has 34 heavy (non-hydrogen) atoms. The summed E-state index contributed by atoms with van der Waals surface area (Å²) in [5, 5.41) is 15.1. The first-order valence-corrected chi connectivity index (χ1v) is 13.0. The molecule has 0 aliphatic heterocycles. The van der Waals surface area contributed by atoms with E-state index in [9.17, 15) is 4.79 Å². The Balaban J connectivity index is 1.46. The summed E-state index contributed by atoms with van der Waals surface area (Å²) in [5.74, 6) is 1.18. The lowest BCUT2D eigenvalue weighted by molar-refractivity contribution is -0.113. The number of methoxy groups -OCH3 is 1. The average molecular weight is 577 g/mol. The van der Waals surface area contributed by atoms with E-state index in [2.05, 4.69) is 43.0 Å². The maximum Gasteiger partial charge on any atom is 0.236 e. The maximum atomic E-state index is 12.6. The van der Waals surface area contributed by atoms with Crippen LogP contribution in [0.25, 0.3) is 22.6 Å². The van der Waals surface area contributed by atoms with Gasteiger partial charge in [0, 0.05) is 27.0 Å². The van der Waals surface area contributed by atoms with Crippen molar-refractivity contribution in [2.75, 3.05) is 18.2 Å². The standard InChI is InChI=1S/C23H19BrClN5O2S2/c1-3-10-30-21(17-11-16(25)8-9-19(17)32-2)28-29-23(30)34-13-20(31)27-22-26-18(12-33-22)14-4-6-15(24)7-5-14/h3-9,11-12H,1,10,13H2,2H3,(H,26,27,31). The molecular weight excluding hydrogens is 558 g/mol. The summed E-state index contributed by atoms with van der Waals surface area (Å²) in [7, 11) is 1.59. The minimum absolute atomic E-state index is 0.148. The summed E-state index contributed by atoms with van der Waals surface area (Å²) in [6, 6.07) is 13.2. The average Bonchev–Trinajstić information content (AvgIpc) is 3.45. The maximum absolute atomic E-state index is 12.6. The van der Waals surface area contributed by atoms with Crippen LogP contribution in [0.3, 0.4) is 0 Å². The fourth-order valence-electron chi connectivity index (χ4n) is 3.11. The van der Waals surface area contributed by atoms with E-state index in [0.717, 1.165) is 15.7 Å². The van der Waals surface area contributed by atoms with E-state index in [1.54, 1.807) is 31.4 Å². The van der Waals surface area contributed by atoms with E-state index in [-0.39, 0.29) is 11.7 Å². The third-order valence-electron chi connectivity index (χ3n) is 4.65. The van der Waals surface area contributed by atoms with Gasteiger partial charge < -0.3 is 10.1 Å². The second-order valence-corrected chi connectivity index (χ2v) is 10.1. The van der Waals surface area contributed by atoms with Crippen LogP contribution >= 0.6 is 50.6 Å². The van der Waals surface area contributed by atoms with Crippen LogP contribution in [0.5, 0.6) is 5.75 Å². The number of rotatable bonds is 9. The summed E-state index contributed by atoms with van der Waals surface area (Å²) in [6.07, 6.45) is 1.74. The largest absolute Gasteiger partial charge is 0.496 e. The molecule has 1 N–H and O–H groups in total. The van der Waals surface area contributed by atoms with Crippen molar-refractivity contribution in [2.24, 2.45) is 0 Å². The van der Waals surface area contributed by atoms with Gasteiger partial charge >= 0.3 is 0 Å². The topological polar surface area (TPSA) is 81.9 Å². The molecular formula is C23H19BrClN5O2S2. The first-order valence-electron chi connectivity index (χ1n) is 10.0. The molecule has 0 spiro atoms. The number of ether oxygens (including phenoxy) is 1. The number of hydrogen-bond acceptors (Lipinski definition) is 7. The molecule has 174 valence electrons. The number of nitrogens with zero attached hydrogens (tertiary/aromatic N) is 4. The molecule has 0 fully saturated rings. The minimum Gasteiger partial charge on any atom is -0.496 e. The predicted molar refractivity (Wildman–Crippen MR) is 142 cm³/mol. The normalized spacial score (nSPS) is 10.8. The van der Waals surface area contributed by atoms with Crippen LogP contribution in [-0.4, -0.2) is 38.5 Å². The lowest BCUT2D eigenvalue weighted by atomic mass is 10.2. The summed E-state index contributed by atoms with van der Waals surface area (Å²) < 4.78 is 8.32. The number of thioether (sulfide) groups is 1. The number of anilines is 1. The van der Waals surface area contributed by atoms with Gasteiger partial charge in [-0.2, -0.15) is 0 Å². The lowest BCUT2D eigenvalue weighted by Crippen LogP contribution is -2.14. The number of carbonyl (C=O) groups excluding carboxylic acids is 1. The Morgan fingerprint density at radius 3 is 2.82 bits per heavy atom. The Hall–Kier alpha value is -2.66. The molecule has 2 aromatic carbocycles. The highest BCUT2D eigenvalue weighted by molar-refractivity contribution is 9.10. The van der Waals surface area contributed by atoms with Crippen LogP contribution in [0.1, 0.15) is 0 Å². The molecule has 4 aromatic rings. The van der Waals surface area contributed by atoms with Crippen molar-refractivity contribution in [1.29, 1.82) is 0 Å². The summed E-state index contributed by atoms with van der Waals surface area (Å²) >= 11 is 12.3. The summed E-state index contributed by atoms with van der Waals surface area (Å²) in [5.41, 5.74) is 2.51. The molecule has 2 heterocycles. The van der Waals surface area contributed by atoms with Crippen molar-refractivity contribution in [3.63, 3.8) is 0 Å². The van der Waals surface area contributed by atoms with Crippen LogP contribution in [0.2, 0.25) is 5.02 Å². The van der Waals surface area contributed by atoms with Gasteiger partial charge in [-0.25, -0.2) is 4.98 Å². The molecule has 0 saturated carbocycles. The Bertz CT molecular complexity index is 1320. The molecule has 7 nitrogen and oxygen atoms in total. The van der Waals surface area contributed by atoms with Crippen LogP contribution in [0.4, 0.5) is 5.13 Å².